The average molecular weight is 338 g/mol. The summed E-state index contributed by atoms with van der Waals surface area (Å²) in [6.45, 7) is 2.29. The molecule has 2 aromatic rings. The Balaban J connectivity index is 1.38. The van der Waals surface area contributed by atoms with E-state index >= 15 is 0 Å². The average Bonchev–Trinajstić information content (AvgIpc) is 3.16. The number of hydrogen-bond donors (Lipinski definition) is 1. The van der Waals surface area contributed by atoms with Crippen LogP contribution < -0.4 is 5.32 Å². The van der Waals surface area contributed by atoms with Crippen LogP contribution in [0, 0.1) is 6.92 Å². The highest BCUT2D eigenvalue weighted by Crippen LogP contribution is 2.38. The molecule has 0 aliphatic carbocycles. The summed E-state index contributed by atoms with van der Waals surface area (Å²) in [7, 11) is 0. The fraction of sp³-hybridized carbons (Fsp3) is 0.421. The first-order valence-corrected chi connectivity index (χ1v) is 8.82. The fourth-order valence-electron chi connectivity index (χ4n) is 3.82. The molecule has 0 saturated carbocycles. The number of nitrogens with zero attached hydrogens (tertiary/aromatic N) is 3. The van der Waals surface area contributed by atoms with Gasteiger partial charge >= 0.3 is 6.03 Å². The third kappa shape index (κ3) is 3.29. The van der Waals surface area contributed by atoms with Crippen LogP contribution in [-0.2, 0) is 6.42 Å². The second kappa shape index (κ2) is 6.70. The standard InChI is InChI=1S/C19H22N4O2/c1-13-21-18(25-22-13)9-10-20-19(24)23-16-7-8-17(23)12-15(11-16)14-5-3-2-4-6-14/h2-6,11,16-17H,7-10,12H2,1H3,(H,20,24)/t16-,17-/m1/s1. The largest absolute Gasteiger partial charge is 0.339 e. The van der Waals surface area contributed by atoms with Crippen molar-refractivity contribution in [1.29, 1.82) is 0 Å². The first-order chi connectivity index (χ1) is 12.2. The molecule has 4 rings (SSSR count). The summed E-state index contributed by atoms with van der Waals surface area (Å²) in [4.78, 5) is 18.8. The molecule has 2 amide bonds. The second-order valence-corrected chi connectivity index (χ2v) is 6.69. The monoisotopic (exact) mass is 338 g/mol. The molecule has 25 heavy (non-hydrogen) atoms. The third-order valence-electron chi connectivity index (χ3n) is 4.96. The molecule has 1 saturated heterocycles. The quantitative estimate of drug-likeness (QED) is 0.930. The van der Waals surface area contributed by atoms with Crippen molar-refractivity contribution >= 4 is 11.6 Å². The first kappa shape index (κ1) is 15.9. The molecule has 2 atom stereocenters. The number of amides is 2. The number of fused-ring (bicyclic) bond motifs is 2. The molecule has 0 unspecified atom stereocenters. The molecule has 1 fully saturated rings. The Bertz CT molecular complexity index is 784. The van der Waals surface area contributed by atoms with Crippen LogP contribution in [0.5, 0.6) is 0 Å². The summed E-state index contributed by atoms with van der Waals surface area (Å²) in [6, 6.07) is 10.9. The minimum atomic E-state index is 0.00657. The Labute approximate surface area is 146 Å². The van der Waals surface area contributed by atoms with E-state index in [1.807, 2.05) is 11.0 Å². The summed E-state index contributed by atoms with van der Waals surface area (Å²) in [6.07, 6.45) is 5.85. The van der Waals surface area contributed by atoms with Gasteiger partial charge in [0.1, 0.15) is 0 Å². The summed E-state index contributed by atoms with van der Waals surface area (Å²) in [5, 5.41) is 6.75. The maximum atomic E-state index is 12.6. The van der Waals surface area contributed by atoms with E-state index in [1.165, 1.54) is 11.1 Å². The van der Waals surface area contributed by atoms with Crippen molar-refractivity contribution in [3.8, 4) is 0 Å². The molecule has 2 bridgehead atoms. The van der Waals surface area contributed by atoms with Gasteiger partial charge in [-0.05, 0) is 37.3 Å². The van der Waals surface area contributed by atoms with Crippen LogP contribution in [0.25, 0.3) is 5.57 Å². The molecule has 6 nitrogen and oxygen atoms in total. The van der Waals surface area contributed by atoms with Crippen molar-refractivity contribution in [3.63, 3.8) is 0 Å². The van der Waals surface area contributed by atoms with Crippen molar-refractivity contribution in [2.75, 3.05) is 6.54 Å². The zero-order valence-electron chi connectivity index (χ0n) is 14.3. The van der Waals surface area contributed by atoms with Crippen LogP contribution >= 0.6 is 0 Å². The number of rotatable bonds is 4. The van der Waals surface area contributed by atoms with Gasteiger partial charge in [-0.2, -0.15) is 4.98 Å². The minimum absolute atomic E-state index is 0.00657. The van der Waals surface area contributed by atoms with E-state index in [4.69, 9.17) is 4.52 Å². The van der Waals surface area contributed by atoms with Gasteiger partial charge in [-0.1, -0.05) is 41.6 Å². The topological polar surface area (TPSA) is 71.3 Å². The van der Waals surface area contributed by atoms with Crippen LogP contribution in [-0.4, -0.2) is 39.7 Å². The lowest BCUT2D eigenvalue weighted by molar-refractivity contribution is 0.179. The molecule has 3 heterocycles. The molecule has 2 aliphatic heterocycles. The maximum absolute atomic E-state index is 12.6. The van der Waals surface area contributed by atoms with Crippen molar-refractivity contribution < 1.29 is 9.32 Å². The Morgan fingerprint density at radius 2 is 2.16 bits per heavy atom. The first-order valence-electron chi connectivity index (χ1n) is 8.82. The highest BCUT2D eigenvalue weighted by molar-refractivity contribution is 5.78. The van der Waals surface area contributed by atoms with Gasteiger partial charge in [0.2, 0.25) is 5.89 Å². The Morgan fingerprint density at radius 1 is 1.32 bits per heavy atom. The number of aryl methyl sites for hydroxylation is 1. The summed E-state index contributed by atoms with van der Waals surface area (Å²) >= 11 is 0. The lowest BCUT2D eigenvalue weighted by Crippen LogP contribution is -2.48. The number of urea groups is 1. The predicted molar refractivity (Wildman–Crippen MR) is 93.8 cm³/mol. The van der Waals surface area contributed by atoms with E-state index < -0.39 is 0 Å². The van der Waals surface area contributed by atoms with Crippen LogP contribution in [0.4, 0.5) is 4.79 Å². The Kier molecular flexibility index (Phi) is 4.26. The van der Waals surface area contributed by atoms with E-state index in [9.17, 15) is 4.79 Å². The van der Waals surface area contributed by atoms with Crippen molar-refractivity contribution in [3.05, 3.63) is 53.7 Å². The lowest BCUT2D eigenvalue weighted by Gasteiger charge is -2.34. The maximum Gasteiger partial charge on any atom is 0.318 e. The molecule has 2 aliphatic rings. The Morgan fingerprint density at radius 3 is 2.88 bits per heavy atom. The molecule has 0 spiro atoms. The number of benzene rings is 1. The molecule has 1 aromatic heterocycles. The van der Waals surface area contributed by atoms with E-state index in [2.05, 4.69) is 45.8 Å². The van der Waals surface area contributed by atoms with Crippen LogP contribution in [0.3, 0.4) is 0 Å². The SMILES string of the molecule is Cc1noc(CCNC(=O)N2[C@@H]3CC[C@@H]2C=C(c2ccccc2)C3)n1. The van der Waals surface area contributed by atoms with E-state index in [-0.39, 0.29) is 18.1 Å². The smallest absolute Gasteiger partial charge is 0.318 e. The summed E-state index contributed by atoms with van der Waals surface area (Å²) in [5.41, 5.74) is 2.63. The fourth-order valence-corrected chi connectivity index (χ4v) is 3.82. The van der Waals surface area contributed by atoms with Gasteiger partial charge < -0.3 is 14.7 Å². The highest BCUT2D eigenvalue weighted by Gasteiger charge is 2.39. The van der Waals surface area contributed by atoms with Crippen LogP contribution in [0.2, 0.25) is 0 Å². The molecule has 1 aromatic carbocycles. The third-order valence-corrected chi connectivity index (χ3v) is 4.96. The van der Waals surface area contributed by atoms with Crippen molar-refractivity contribution in [2.24, 2.45) is 0 Å². The lowest BCUT2D eigenvalue weighted by atomic mass is 9.95. The number of hydrogen-bond acceptors (Lipinski definition) is 4. The predicted octanol–water partition coefficient (Wildman–Crippen LogP) is 2.95. The highest BCUT2D eigenvalue weighted by atomic mass is 16.5. The number of carbonyl (C=O) groups excluding carboxylic acids is 1. The van der Waals surface area contributed by atoms with Gasteiger partial charge in [0.05, 0.1) is 6.04 Å². The second-order valence-electron chi connectivity index (χ2n) is 6.69. The summed E-state index contributed by atoms with van der Waals surface area (Å²) < 4.78 is 5.07. The molecular weight excluding hydrogens is 316 g/mol. The van der Waals surface area contributed by atoms with E-state index in [0.717, 1.165) is 19.3 Å². The molecule has 6 heteroatoms. The number of aromatic nitrogens is 2. The summed E-state index contributed by atoms with van der Waals surface area (Å²) in [5.74, 6) is 1.18. The van der Waals surface area contributed by atoms with Crippen LogP contribution in [0.1, 0.15) is 36.5 Å². The molecule has 130 valence electrons. The van der Waals surface area contributed by atoms with Gasteiger partial charge in [-0.25, -0.2) is 4.79 Å². The van der Waals surface area contributed by atoms with Crippen molar-refractivity contribution in [2.45, 2.75) is 44.7 Å². The zero-order chi connectivity index (χ0) is 17.2. The van der Waals surface area contributed by atoms with E-state index in [1.54, 1.807) is 6.92 Å². The van der Waals surface area contributed by atoms with Crippen molar-refractivity contribution in [1.82, 2.24) is 20.4 Å². The van der Waals surface area contributed by atoms with Gasteiger partial charge in [-0.3, -0.25) is 0 Å². The number of carbonyl (C=O) groups is 1. The molecule has 0 radical (unpaired) electrons. The van der Waals surface area contributed by atoms with Gasteiger partial charge in [-0.15, -0.1) is 0 Å². The molecule has 1 N–H and O–H groups in total. The van der Waals surface area contributed by atoms with Gasteiger partial charge in [0, 0.05) is 19.0 Å². The van der Waals surface area contributed by atoms with E-state index in [0.29, 0.717) is 24.7 Å². The molecular formula is C19H22N4O2. The minimum Gasteiger partial charge on any atom is -0.339 e. The zero-order valence-corrected chi connectivity index (χ0v) is 14.3. The number of nitrogens with one attached hydrogen (secondary N) is 1. The van der Waals surface area contributed by atoms with Gasteiger partial charge in [0.25, 0.3) is 0 Å². The normalized spacial score (nSPS) is 22.0. The van der Waals surface area contributed by atoms with Crippen LogP contribution in [0.15, 0.2) is 40.9 Å². The van der Waals surface area contributed by atoms with Gasteiger partial charge in [0.15, 0.2) is 5.82 Å². The Hall–Kier alpha value is -2.63.